The molecule has 2 heterocycles. The summed E-state index contributed by atoms with van der Waals surface area (Å²) in [5.74, 6) is 1.79. The number of nitrogens with zero attached hydrogens (tertiary/aromatic N) is 3. The Kier molecular flexibility index (Phi) is 6.52. The van der Waals surface area contributed by atoms with Crippen LogP contribution in [0.3, 0.4) is 0 Å². The molecule has 4 nitrogen and oxygen atoms in total. The molecule has 53 heavy (non-hydrogen) atoms. The average Bonchev–Trinajstić information content (AvgIpc) is 3.78. The SMILES string of the molecule is c1ccc(-c2ccc(-c3nc(-c4ccc(-c5ccccc5)cc4)nc(-c4c5cccc6c5c(c5c4oc4ccccc45)-c4ccccc4-6)n3)cc2)cc1. The Morgan fingerprint density at radius 1 is 0.302 bits per heavy atom. The molecule has 0 aliphatic heterocycles. The lowest BCUT2D eigenvalue weighted by Gasteiger charge is -2.13. The fourth-order valence-electron chi connectivity index (χ4n) is 8.03. The highest BCUT2D eigenvalue weighted by molar-refractivity contribution is 6.32. The van der Waals surface area contributed by atoms with Gasteiger partial charge in [0.05, 0.1) is 5.56 Å². The van der Waals surface area contributed by atoms with E-state index < -0.39 is 0 Å². The maximum absolute atomic E-state index is 6.85. The van der Waals surface area contributed by atoms with E-state index in [1.165, 1.54) is 27.6 Å². The number of rotatable bonds is 5. The normalized spacial score (nSPS) is 11.8. The van der Waals surface area contributed by atoms with E-state index in [9.17, 15) is 0 Å². The van der Waals surface area contributed by atoms with Gasteiger partial charge < -0.3 is 4.42 Å². The monoisotopic (exact) mass is 675 g/mol. The predicted octanol–water partition coefficient (Wildman–Crippen LogP) is 12.9. The topological polar surface area (TPSA) is 51.8 Å². The predicted molar refractivity (Wildman–Crippen MR) is 216 cm³/mol. The second kappa shape index (κ2) is 11.7. The Labute approximate surface area is 305 Å². The molecule has 0 radical (unpaired) electrons. The van der Waals surface area contributed by atoms with Gasteiger partial charge in [-0.15, -0.1) is 0 Å². The van der Waals surface area contributed by atoms with Crippen molar-refractivity contribution in [2.24, 2.45) is 0 Å². The van der Waals surface area contributed by atoms with Crippen LogP contribution in [-0.2, 0) is 0 Å². The van der Waals surface area contributed by atoms with Crippen LogP contribution in [0.15, 0.2) is 180 Å². The van der Waals surface area contributed by atoms with Crippen LogP contribution in [0, 0.1) is 0 Å². The van der Waals surface area contributed by atoms with Gasteiger partial charge in [-0.05, 0) is 55.8 Å². The fraction of sp³-hybridized carbons (Fsp3) is 0. The lowest BCUT2D eigenvalue weighted by atomic mass is 9.93. The van der Waals surface area contributed by atoms with Crippen LogP contribution in [0.4, 0.5) is 0 Å². The smallest absolute Gasteiger partial charge is 0.168 e. The minimum Gasteiger partial charge on any atom is -0.455 e. The van der Waals surface area contributed by atoms with Crippen LogP contribution in [0.1, 0.15) is 0 Å². The summed E-state index contributed by atoms with van der Waals surface area (Å²) in [7, 11) is 0. The van der Waals surface area contributed by atoms with Crippen molar-refractivity contribution in [1.82, 2.24) is 15.0 Å². The number of aromatic nitrogens is 3. The summed E-state index contributed by atoms with van der Waals surface area (Å²) in [5.41, 5.74) is 13.8. The third kappa shape index (κ3) is 4.66. The summed E-state index contributed by atoms with van der Waals surface area (Å²) in [6.07, 6.45) is 0. The molecule has 0 bridgehead atoms. The van der Waals surface area contributed by atoms with Crippen molar-refractivity contribution >= 4 is 32.7 Å². The summed E-state index contributed by atoms with van der Waals surface area (Å²) in [4.78, 5) is 15.7. The van der Waals surface area contributed by atoms with E-state index in [-0.39, 0.29) is 0 Å². The van der Waals surface area contributed by atoms with Gasteiger partial charge in [-0.2, -0.15) is 0 Å². The van der Waals surface area contributed by atoms with Crippen molar-refractivity contribution in [1.29, 1.82) is 0 Å². The zero-order valence-electron chi connectivity index (χ0n) is 28.5. The number of hydrogen-bond acceptors (Lipinski definition) is 4. The van der Waals surface area contributed by atoms with E-state index in [1.807, 2.05) is 24.3 Å². The van der Waals surface area contributed by atoms with Gasteiger partial charge in [-0.3, -0.25) is 0 Å². The van der Waals surface area contributed by atoms with Crippen molar-refractivity contribution in [2.75, 3.05) is 0 Å². The molecule has 0 amide bonds. The molecule has 0 N–H and O–H groups in total. The first-order chi connectivity index (χ1) is 26.3. The number of fused-ring (bicyclic) bond motifs is 7. The second-order valence-corrected chi connectivity index (χ2v) is 13.5. The third-order valence-corrected chi connectivity index (χ3v) is 10.5. The van der Waals surface area contributed by atoms with Gasteiger partial charge in [0.2, 0.25) is 0 Å². The van der Waals surface area contributed by atoms with Crippen molar-refractivity contribution in [3.63, 3.8) is 0 Å². The molecular formula is C49H29N3O. The maximum atomic E-state index is 6.85. The molecule has 246 valence electrons. The molecule has 0 atom stereocenters. The third-order valence-electron chi connectivity index (χ3n) is 10.5. The van der Waals surface area contributed by atoms with E-state index in [1.54, 1.807) is 0 Å². The highest BCUT2D eigenvalue weighted by Gasteiger charge is 2.30. The Morgan fingerprint density at radius 3 is 1.42 bits per heavy atom. The van der Waals surface area contributed by atoms with E-state index in [0.29, 0.717) is 17.5 Å². The minimum absolute atomic E-state index is 0.577. The van der Waals surface area contributed by atoms with Crippen LogP contribution in [0.25, 0.3) is 111 Å². The van der Waals surface area contributed by atoms with Gasteiger partial charge in [0.25, 0.3) is 0 Å². The molecule has 2 aromatic heterocycles. The first-order valence-corrected chi connectivity index (χ1v) is 17.9. The summed E-state index contributed by atoms with van der Waals surface area (Å²) < 4.78 is 6.85. The Bertz CT molecular complexity index is 2920. The van der Waals surface area contributed by atoms with Gasteiger partial charge >= 0.3 is 0 Å². The average molecular weight is 676 g/mol. The minimum atomic E-state index is 0.577. The molecule has 10 aromatic rings. The highest BCUT2D eigenvalue weighted by atomic mass is 16.3. The van der Waals surface area contributed by atoms with Crippen LogP contribution in [0.2, 0.25) is 0 Å². The van der Waals surface area contributed by atoms with Crippen molar-refractivity contribution < 1.29 is 4.42 Å². The molecule has 8 aromatic carbocycles. The van der Waals surface area contributed by atoms with Crippen LogP contribution in [0.5, 0.6) is 0 Å². The van der Waals surface area contributed by atoms with E-state index in [4.69, 9.17) is 19.4 Å². The molecule has 0 saturated heterocycles. The van der Waals surface area contributed by atoms with Crippen molar-refractivity contribution in [2.45, 2.75) is 0 Å². The first kappa shape index (κ1) is 29.5. The lowest BCUT2D eigenvalue weighted by molar-refractivity contribution is 0.670. The van der Waals surface area contributed by atoms with Crippen LogP contribution in [-0.4, -0.2) is 15.0 Å². The van der Waals surface area contributed by atoms with E-state index in [0.717, 1.165) is 66.3 Å². The van der Waals surface area contributed by atoms with Gasteiger partial charge in [-0.1, -0.05) is 170 Å². The molecule has 1 aliphatic carbocycles. The summed E-state index contributed by atoms with van der Waals surface area (Å²) >= 11 is 0. The number of furan rings is 1. The molecule has 11 rings (SSSR count). The first-order valence-electron chi connectivity index (χ1n) is 17.9. The second-order valence-electron chi connectivity index (χ2n) is 13.5. The number of para-hydroxylation sites is 1. The van der Waals surface area contributed by atoms with Crippen LogP contribution < -0.4 is 0 Å². The maximum Gasteiger partial charge on any atom is 0.168 e. The molecule has 0 unspecified atom stereocenters. The summed E-state index contributed by atoms with van der Waals surface area (Å²) in [6, 6.07) is 61.3. The van der Waals surface area contributed by atoms with Crippen molar-refractivity contribution in [3.8, 4) is 78.7 Å². The van der Waals surface area contributed by atoms with Gasteiger partial charge in [0, 0.05) is 27.5 Å². The zero-order valence-corrected chi connectivity index (χ0v) is 28.5. The van der Waals surface area contributed by atoms with Gasteiger partial charge in [0.15, 0.2) is 17.5 Å². The van der Waals surface area contributed by atoms with Crippen molar-refractivity contribution in [3.05, 3.63) is 176 Å². The molecule has 1 aliphatic rings. The largest absolute Gasteiger partial charge is 0.455 e. The Hall–Kier alpha value is -7.17. The summed E-state index contributed by atoms with van der Waals surface area (Å²) in [5, 5.41) is 4.42. The van der Waals surface area contributed by atoms with Gasteiger partial charge in [-0.25, -0.2) is 15.0 Å². The van der Waals surface area contributed by atoms with E-state index in [2.05, 4.69) is 152 Å². The molecule has 0 fully saturated rings. The zero-order chi connectivity index (χ0) is 34.9. The quantitative estimate of drug-likeness (QED) is 0.182. The van der Waals surface area contributed by atoms with Gasteiger partial charge in [0.1, 0.15) is 11.2 Å². The highest BCUT2D eigenvalue weighted by Crippen LogP contribution is 2.55. The molecule has 4 heteroatoms. The fourth-order valence-corrected chi connectivity index (χ4v) is 8.03. The molecule has 0 spiro atoms. The molecular weight excluding hydrogens is 647 g/mol. The standard InChI is InChI=1S/C49H29N3O/c1-3-12-30(13-4-1)32-22-26-34(27-23-32)47-50-48(35-28-24-33(25-29-35)31-14-5-2-6-15-31)52-49(51-47)45-40-20-11-19-37-36-16-7-8-17-38(36)43(42(37)40)44-39-18-9-10-21-41(39)53-46(44)45/h1-29H. The number of hydrogen-bond donors (Lipinski definition) is 0. The molecule has 0 saturated carbocycles. The van der Waals surface area contributed by atoms with Crippen LogP contribution >= 0.6 is 0 Å². The summed E-state index contributed by atoms with van der Waals surface area (Å²) in [6.45, 7) is 0. The lowest BCUT2D eigenvalue weighted by Crippen LogP contribution is -2.01. The Morgan fingerprint density at radius 2 is 0.774 bits per heavy atom. The van der Waals surface area contributed by atoms with E-state index >= 15 is 0 Å². The number of benzene rings is 8. The Balaban J connectivity index is 1.18.